The summed E-state index contributed by atoms with van der Waals surface area (Å²) in [6.45, 7) is 5.11. The molecule has 1 unspecified atom stereocenters. The fourth-order valence-corrected chi connectivity index (χ4v) is 1.36. The third-order valence-electron chi connectivity index (χ3n) is 1.89. The number of rotatable bonds is 2. The number of nitrogens with zero attached hydrogens (tertiary/aromatic N) is 3. The van der Waals surface area contributed by atoms with Crippen LogP contribution in [0.2, 0.25) is 0 Å². The molecule has 13 heavy (non-hydrogen) atoms. The average Bonchev–Trinajstić information content (AvgIpc) is 2.61. The second kappa shape index (κ2) is 3.08. The summed E-state index contributed by atoms with van der Waals surface area (Å²) >= 11 is 0. The molecule has 2 heterocycles. The van der Waals surface area contributed by atoms with E-state index >= 15 is 0 Å². The fraction of sp³-hybridized carbons (Fsp3) is 0.750. The SMILES string of the molecule is CC1(C)OCC(Cn2[c]nnc2)O1. The van der Waals surface area contributed by atoms with Crippen LogP contribution in [0.5, 0.6) is 0 Å². The summed E-state index contributed by atoms with van der Waals surface area (Å²) in [4.78, 5) is 0. The molecule has 71 valence electrons. The van der Waals surface area contributed by atoms with Crippen LogP contribution in [0.1, 0.15) is 13.8 Å². The molecule has 5 nitrogen and oxygen atoms in total. The zero-order valence-electron chi connectivity index (χ0n) is 7.73. The molecule has 0 saturated carbocycles. The summed E-state index contributed by atoms with van der Waals surface area (Å²) < 4.78 is 12.8. The predicted molar refractivity (Wildman–Crippen MR) is 43.8 cm³/mol. The molecule has 1 aromatic heterocycles. The average molecular weight is 182 g/mol. The number of hydrogen-bond acceptors (Lipinski definition) is 4. The monoisotopic (exact) mass is 182 g/mol. The van der Waals surface area contributed by atoms with Crippen LogP contribution in [0.3, 0.4) is 0 Å². The Morgan fingerprint density at radius 1 is 1.69 bits per heavy atom. The molecular formula is C8H12N3O2. The van der Waals surface area contributed by atoms with E-state index in [9.17, 15) is 0 Å². The third kappa shape index (κ3) is 2.05. The molecule has 1 atom stereocenters. The van der Waals surface area contributed by atoms with Crippen LogP contribution in [0.25, 0.3) is 0 Å². The van der Waals surface area contributed by atoms with Gasteiger partial charge in [-0.15, -0.1) is 10.2 Å². The maximum absolute atomic E-state index is 5.60. The molecular weight excluding hydrogens is 170 g/mol. The maximum atomic E-state index is 5.60. The number of hydrogen-bond donors (Lipinski definition) is 0. The van der Waals surface area contributed by atoms with Gasteiger partial charge in [0.25, 0.3) is 0 Å². The zero-order chi connectivity index (χ0) is 9.31. The quantitative estimate of drug-likeness (QED) is 0.657. The fourth-order valence-electron chi connectivity index (χ4n) is 1.36. The summed E-state index contributed by atoms with van der Waals surface area (Å²) in [5, 5.41) is 7.25. The Labute approximate surface area is 76.7 Å². The van der Waals surface area contributed by atoms with Crippen molar-refractivity contribution >= 4 is 0 Å². The molecule has 1 aliphatic rings. The molecule has 0 aromatic carbocycles. The van der Waals surface area contributed by atoms with E-state index in [1.807, 2.05) is 13.8 Å². The first-order chi connectivity index (χ1) is 6.16. The van der Waals surface area contributed by atoms with Crippen LogP contribution in [-0.4, -0.2) is 33.3 Å². The Bertz CT molecular complexity index is 271. The topological polar surface area (TPSA) is 49.2 Å². The van der Waals surface area contributed by atoms with Crippen LogP contribution >= 0.6 is 0 Å². The van der Waals surface area contributed by atoms with E-state index in [0.29, 0.717) is 13.2 Å². The lowest BCUT2D eigenvalue weighted by atomic mass is 10.4. The molecule has 5 heteroatoms. The minimum absolute atomic E-state index is 0.0715. The van der Waals surface area contributed by atoms with Crippen LogP contribution in [-0.2, 0) is 16.0 Å². The molecule has 0 spiro atoms. The van der Waals surface area contributed by atoms with Crippen molar-refractivity contribution in [1.82, 2.24) is 14.8 Å². The van der Waals surface area contributed by atoms with Crippen LogP contribution in [0.15, 0.2) is 6.33 Å². The lowest BCUT2D eigenvalue weighted by Gasteiger charge is -2.16. The third-order valence-corrected chi connectivity index (χ3v) is 1.89. The second-order valence-electron chi connectivity index (χ2n) is 3.53. The first-order valence-corrected chi connectivity index (χ1v) is 4.23. The first kappa shape index (κ1) is 8.65. The van der Waals surface area contributed by atoms with Crippen LogP contribution < -0.4 is 0 Å². The van der Waals surface area contributed by atoms with Crippen molar-refractivity contribution in [2.24, 2.45) is 0 Å². The predicted octanol–water partition coefficient (Wildman–Crippen LogP) is 0.230. The lowest BCUT2D eigenvalue weighted by molar-refractivity contribution is -0.139. The van der Waals surface area contributed by atoms with Crippen molar-refractivity contribution in [3.63, 3.8) is 0 Å². The summed E-state index contributed by atoms with van der Waals surface area (Å²) in [5.41, 5.74) is 0. The van der Waals surface area contributed by atoms with Gasteiger partial charge in [-0.1, -0.05) is 0 Å². The Kier molecular flexibility index (Phi) is 2.05. The molecule has 1 aliphatic heterocycles. The molecule has 0 N–H and O–H groups in total. The Morgan fingerprint density at radius 3 is 3.08 bits per heavy atom. The van der Waals surface area contributed by atoms with E-state index in [2.05, 4.69) is 16.5 Å². The molecule has 1 saturated heterocycles. The molecule has 1 aromatic rings. The highest BCUT2D eigenvalue weighted by molar-refractivity contribution is 4.72. The van der Waals surface area contributed by atoms with Crippen molar-refractivity contribution in [2.45, 2.75) is 32.3 Å². The van der Waals surface area contributed by atoms with E-state index in [-0.39, 0.29) is 6.10 Å². The van der Waals surface area contributed by atoms with Crippen molar-refractivity contribution in [3.05, 3.63) is 12.7 Å². The Hall–Kier alpha value is -0.940. The van der Waals surface area contributed by atoms with Crippen LogP contribution in [0, 0.1) is 6.33 Å². The van der Waals surface area contributed by atoms with E-state index < -0.39 is 5.79 Å². The highest BCUT2D eigenvalue weighted by Gasteiger charge is 2.32. The van der Waals surface area contributed by atoms with E-state index in [1.54, 1.807) is 10.9 Å². The van der Waals surface area contributed by atoms with Gasteiger partial charge in [0.15, 0.2) is 5.79 Å². The van der Waals surface area contributed by atoms with Gasteiger partial charge in [0, 0.05) is 0 Å². The maximum Gasteiger partial charge on any atom is 0.201 e. The largest absolute Gasteiger partial charge is 0.348 e. The summed E-state index contributed by atoms with van der Waals surface area (Å²) in [6, 6.07) is 0. The highest BCUT2D eigenvalue weighted by Crippen LogP contribution is 2.22. The summed E-state index contributed by atoms with van der Waals surface area (Å²) in [5.74, 6) is -0.460. The van der Waals surface area contributed by atoms with Crippen molar-refractivity contribution in [1.29, 1.82) is 0 Å². The summed E-state index contributed by atoms with van der Waals surface area (Å²) in [7, 11) is 0. The second-order valence-corrected chi connectivity index (χ2v) is 3.53. The number of ether oxygens (including phenoxy) is 2. The smallest absolute Gasteiger partial charge is 0.201 e. The van der Waals surface area contributed by atoms with Gasteiger partial charge in [0.05, 0.1) is 13.2 Å². The Morgan fingerprint density at radius 2 is 2.54 bits per heavy atom. The van der Waals surface area contributed by atoms with Crippen molar-refractivity contribution < 1.29 is 9.47 Å². The van der Waals surface area contributed by atoms with Gasteiger partial charge in [0.1, 0.15) is 12.4 Å². The van der Waals surface area contributed by atoms with Gasteiger partial charge in [-0.05, 0) is 13.8 Å². The van der Waals surface area contributed by atoms with Gasteiger partial charge in [-0.25, -0.2) is 0 Å². The normalized spacial score (nSPS) is 26.5. The van der Waals surface area contributed by atoms with E-state index in [0.717, 1.165) is 0 Å². The van der Waals surface area contributed by atoms with Crippen molar-refractivity contribution in [2.75, 3.05) is 6.61 Å². The highest BCUT2D eigenvalue weighted by atomic mass is 16.7. The molecule has 0 bridgehead atoms. The zero-order valence-corrected chi connectivity index (χ0v) is 7.73. The molecule has 0 aliphatic carbocycles. The number of aromatic nitrogens is 3. The minimum atomic E-state index is -0.460. The lowest BCUT2D eigenvalue weighted by Crippen LogP contribution is -2.23. The van der Waals surface area contributed by atoms with Gasteiger partial charge >= 0.3 is 0 Å². The first-order valence-electron chi connectivity index (χ1n) is 4.23. The van der Waals surface area contributed by atoms with Gasteiger partial charge < -0.3 is 14.0 Å². The van der Waals surface area contributed by atoms with Crippen LogP contribution in [0.4, 0.5) is 0 Å². The molecule has 2 rings (SSSR count). The standard InChI is InChI=1S/C8H12N3O2/c1-8(2)12-4-7(13-8)3-11-5-9-10-6-11/h5,7H,3-4H2,1-2H3. The Balaban J connectivity index is 1.91. The minimum Gasteiger partial charge on any atom is -0.348 e. The summed E-state index contributed by atoms with van der Waals surface area (Å²) in [6.07, 6.45) is 4.40. The van der Waals surface area contributed by atoms with Gasteiger partial charge in [-0.3, -0.25) is 0 Å². The van der Waals surface area contributed by atoms with Crippen molar-refractivity contribution in [3.8, 4) is 0 Å². The molecule has 1 radical (unpaired) electrons. The molecule has 0 amide bonds. The van der Waals surface area contributed by atoms with Gasteiger partial charge in [-0.2, -0.15) is 0 Å². The molecule has 1 fully saturated rings. The van der Waals surface area contributed by atoms with E-state index in [4.69, 9.17) is 9.47 Å². The van der Waals surface area contributed by atoms with E-state index in [1.165, 1.54) is 0 Å². The van der Waals surface area contributed by atoms with Gasteiger partial charge in [0.2, 0.25) is 6.33 Å².